The van der Waals surface area contributed by atoms with Gasteiger partial charge in [0.2, 0.25) is 0 Å². The summed E-state index contributed by atoms with van der Waals surface area (Å²) in [5.74, 6) is 0.453. The molecule has 31 heavy (non-hydrogen) atoms. The van der Waals surface area contributed by atoms with Gasteiger partial charge < -0.3 is 14.4 Å². The van der Waals surface area contributed by atoms with Gasteiger partial charge >= 0.3 is 7.60 Å². The topological polar surface area (TPSA) is 60.5 Å². The number of rotatable bonds is 9. The van der Waals surface area contributed by atoms with Crippen LogP contribution in [0.1, 0.15) is 25.3 Å². The third kappa shape index (κ3) is 5.27. The largest absolute Gasteiger partial charge is 0.452 e. The van der Waals surface area contributed by atoms with Gasteiger partial charge in [0.15, 0.2) is 10.9 Å². The van der Waals surface area contributed by atoms with Gasteiger partial charge in [0.1, 0.15) is 11.5 Å². The van der Waals surface area contributed by atoms with Gasteiger partial charge in [0, 0.05) is 0 Å². The standard InChI is InChI=1S/C24H25N2O3PS/c1-3-10-23(26-24-25-21-16-15-18(2)17-22(21)31-24)30(27,28-19-11-6-4-7-12-19)29-20-13-8-5-9-14-20/h4-9,11-17,23H,3,10H2,1-2H3,(H,25,26). The summed E-state index contributed by atoms with van der Waals surface area (Å²) < 4.78 is 27.3. The number of thiazole rings is 1. The molecule has 0 bridgehead atoms. The fourth-order valence-electron chi connectivity index (χ4n) is 3.22. The van der Waals surface area contributed by atoms with Gasteiger partial charge in [-0.25, -0.2) is 9.55 Å². The van der Waals surface area contributed by atoms with Crippen molar-refractivity contribution in [1.82, 2.24) is 4.98 Å². The van der Waals surface area contributed by atoms with Crippen molar-refractivity contribution in [1.29, 1.82) is 0 Å². The van der Waals surface area contributed by atoms with Crippen LogP contribution in [-0.2, 0) is 4.57 Å². The molecule has 0 saturated heterocycles. The molecule has 1 unspecified atom stereocenters. The molecule has 0 aliphatic rings. The zero-order valence-corrected chi connectivity index (χ0v) is 19.2. The second-order valence-electron chi connectivity index (χ2n) is 7.29. The summed E-state index contributed by atoms with van der Waals surface area (Å²) in [6.45, 7) is 4.10. The van der Waals surface area contributed by atoms with E-state index in [1.807, 2.05) is 55.5 Å². The summed E-state index contributed by atoms with van der Waals surface area (Å²) in [5.41, 5.74) is 2.09. The molecule has 4 aromatic rings. The summed E-state index contributed by atoms with van der Waals surface area (Å²) >= 11 is 1.54. The van der Waals surface area contributed by atoms with Crippen LogP contribution in [0.5, 0.6) is 11.5 Å². The fraction of sp³-hybridized carbons (Fsp3) is 0.208. The average Bonchev–Trinajstić information content (AvgIpc) is 3.16. The van der Waals surface area contributed by atoms with E-state index in [-0.39, 0.29) is 0 Å². The van der Waals surface area contributed by atoms with E-state index in [2.05, 4.69) is 23.3 Å². The van der Waals surface area contributed by atoms with Gasteiger partial charge in [-0.1, -0.05) is 67.1 Å². The van der Waals surface area contributed by atoms with E-state index < -0.39 is 13.4 Å². The number of aromatic nitrogens is 1. The van der Waals surface area contributed by atoms with Crippen LogP contribution in [-0.4, -0.2) is 10.8 Å². The van der Waals surface area contributed by atoms with Crippen molar-refractivity contribution in [2.45, 2.75) is 32.5 Å². The molecular formula is C24H25N2O3PS. The average molecular weight is 453 g/mol. The van der Waals surface area contributed by atoms with E-state index in [0.29, 0.717) is 23.1 Å². The lowest BCUT2D eigenvalue weighted by molar-refractivity contribution is 0.372. The number of fused-ring (bicyclic) bond motifs is 1. The van der Waals surface area contributed by atoms with Gasteiger partial charge in [0.05, 0.1) is 10.2 Å². The molecule has 1 heterocycles. The Labute approximate surface area is 186 Å². The van der Waals surface area contributed by atoms with Crippen LogP contribution >= 0.6 is 18.9 Å². The molecule has 160 valence electrons. The van der Waals surface area contributed by atoms with E-state index in [9.17, 15) is 4.57 Å². The molecule has 0 radical (unpaired) electrons. The molecule has 1 atom stereocenters. The lowest BCUT2D eigenvalue weighted by Gasteiger charge is -2.27. The van der Waals surface area contributed by atoms with Crippen LogP contribution in [0.15, 0.2) is 78.9 Å². The number of aryl methyl sites for hydroxylation is 1. The highest BCUT2D eigenvalue weighted by Crippen LogP contribution is 2.54. The van der Waals surface area contributed by atoms with Gasteiger partial charge in [-0.3, -0.25) is 0 Å². The molecule has 4 rings (SSSR count). The number of nitrogens with one attached hydrogen (secondary N) is 1. The second kappa shape index (κ2) is 9.54. The lowest BCUT2D eigenvalue weighted by atomic mass is 10.2. The van der Waals surface area contributed by atoms with Crippen LogP contribution in [0.2, 0.25) is 0 Å². The van der Waals surface area contributed by atoms with Gasteiger partial charge in [-0.15, -0.1) is 0 Å². The molecular weight excluding hydrogens is 427 g/mol. The Hall–Kier alpha value is -2.82. The minimum absolute atomic E-state index is 0.504. The monoisotopic (exact) mass is 452 g/mol. The first kappa shape index (κ1) is 21.4. The summed E-state index contributed by atoms with van der Waals surface area (Å²) in [7, 11) is -3.65. The maximum Gasteiger partial charge on any atom is 0.452 e. The molecule has 0 saturated carbocycles. The van der Waals surface area contributed by atoms with Crippen LogP contribution in [0.25, 0.3) is 10.2 Å². The first-order valence-electron chi connectivity index (χ1n) is 10.3. The predicted molar refractivity (Wildman–Crippen MR) is 128 cm³/mol. The number of para-hydroxylation sites is 2. The van der Waals surface area contributed by atoms with Crippen molar-refractivity contribution in [2.24, 2.45) is 0 Å². The number of hydrogen-bond donors (Lipinski definition) is 1. The summed E-state index contributed by atoms with van der Waals surface area (Å²) in [6, 6.07) is 24.4. The Morgan fingerprint density at radius 2 is 1.58 bits per heavy atom. The van der Waals surface area contributed by atoms with Crippen LogP contribution in [0.4, 0.5) is 5.13 Å². The van der Waals surface area contributed by atoms with Crippen molar-refractivity contribution in [3.05, 3.63) is 84.4 Å². The van der Waals surface area contributed by atoms with Crippen LogP contribution < -0.4 is 14.4 Å². The molecule has 3 aromatic carbocycles. The summed E-state index contributed by atoms with van der Waals surface area (Å²) in [6.07, 6.45) is 1.41. The zero-order chi connectivity index (χ0) is 21.7. The minimum atomic E-state index is -3.65. The van der Waals surface area contributed by atoms with Gasteiger partial charge in [0.25, 0.3) is 0 Å². The molecule has 0 amide bonds. The Morgan fingerprint density at radius 3 is 2.16 bits per heavy atom. The molecule has 7 heteroatoms. The molecule has 1 N–H and O–H groups in total. The number of benzene rings is 3. The molecule has 0 aliphatic heterocycles. The molecule has 1 aromatic heterocycles. The third-order valence-electron chi connectivity index (χ3n) is 4.73. The first-order valence-corrected chi connectivity index (χ1v) is 12.7. The SMILES string of the molecule is CCCC(Nc1nc2ccc(C)cc2s1)P(=O)(Oc1ccccc1)Oc1ccccc1. The van der Waals surface area contributed by atoms with Crippen molar-refractivity contribution in [3.8, 4) is 11.5 Å². The number of nitrogens with zero attached hydrogens (tertiary/aromatic N) is 1. The quantitative estimate of drug-likeness (QED) is 0.267. The Bertz CT molecular complexity index is 1140. The maximum atomic E-state index is 14.2. The predicted octanol–water partition coefficient (Wildman–Crippen LogP) is 7.49. The van der Waals surface area contributed by atoms with Crippen molar-refractivity contribution in [2.75, 3.05) is 5.32 Å². The van der Waals surface area contributed by atoms with E-state index in [4.69, 9.17) is 9.05 Å². The van der Waals surface area contributed by atoms with E-state index in [0.717, 1.165) is 16.6 Å². The van der Waals surface area contributed by atoms with Crippen molar-refractivity contribution < 1.29 is 13.6 Å². The van der Waals surface area contributed by atoms with Crippen molar-refractivity contribution in [3.63, 3.8) is 0 Å². The summed E-state index contributed by atoms with van der Waals surface area (Å²) in [5, 5.41) is 4.07. The molecule has 5 nitrogen and oxygen atoms in total. The molecule has 0 aliphatic carbocycles. The Balaban J connectivity index is 1.68. The normalized spacial score (nSPS) is 12.5. The number of anilines is 1. The zero-order valence-electron chi connectivity index (χ0n) is 17.5. The van der Waals surface area contributed by atoms with E-state index in [1.165, 1.54) is 16.9 Å². The maximum absolute atomic E-state index is 14.2. The molecule has 0 spiro atoms. The van der Waals surface area contributed by atoms with Crippen LogP contribution in [0.3, 0.4) is 0 Å². The lowest BCUT2D eigenvalue weighted by Crippen LogP contribution is -2.25. The van der Waals surface area contributed by atoms with E-state index >= 15 is 0 Å². The highest BCUT2D eigenvalue weighted by molar-refractivity contribution is 7.55. The fourth-order valence-corrected chi connectivity index (χ4v) is 6.30. The van der Waals surface area contributed by atoms with E-state index in [1.54, 1.807) is 24.3 Å². The Kier molecular flexibility index (Phi) is 6.59. The second-order valence-corrected chi connectivity index (χ2v) is 10.4. The van der Waals surface area contributed by atoms with Crippen LogP contribution in [0, 0.1) is 6.92 Å². The van der Waals surface area contributed by atoms with Gasteiger partial charge in [-0.05, 0) is 55.3 Å². The smallest absolute Gasteiger partial charge is 0.415 e. The Morgan fingerprint density at radius 1 is 0.968 bits per heavy atom. The molecule has 0 fully saturated rings. The third-order valence-corrected chi connectivity index (χ3v) is 7.76. The van der Waals surface area contributed by atoms with Crippen molar-refractivity contribution >= 4 is 34.3 Å². The summed E-state index contributed by atoms with van der Waals surface area (Å²) in [4.78, 5) is 4.68. The first-order chi connectivity index (χ1) is 15.1. The number of hydrogen-bond acceptors (Lipinski definition) is 6. The highest BCUT2D eigenvalue weighted by atomic mass is 32.1. The highest BCUT2D eigenvalue weighted by Gasteiger charge is 2.39. The van der Waals surface area contributed by atoms with Gasteiger partial charge in [-0.2, -0.15) is 0 Å². The minimum Gasteiger partial charge on any atom is -0.415 e.